The summed E-state index contributed by atoms with van der Waals surface area (Å²) in [6.07, 6.45) is 1.94. The average Bonchev–Trinajstić information content (AvgIpc) is 3.28. The number of aryl methyl sites for hydroxylation is 6. The summed E-state index contributed by atoms with van der Waals surface area (Å²) in [5.74, 6) is 0.606. The standard InChI is InChI=1S/2C30H25Br/c2*1-18-9-4-5-10-21(18)17-30-24-13-7-6-11-22(24)27(23-12-8-14-25(31)29(23)30)26-19(2)15-16-20(3)28(26)30/h2*4-16,27H,17H2,1-3H3/t2*27-,30-/m00/s1. The molecule has 0 unspecified atom stereocenters. The summed E-state index contributed by atoms with van der Waals surface area (Å²) in [4.78, 5) is 0. The van der Waals surface area contributed by atoms with Crippen molar-refractivity contribution in [3.8, 4) is 0 Å². The van der Waals surface area contributed by atoms with Gasteiger partial charge in [0.25, 0.3) is 0 Å². The van der Waals surface area contributed by atoms with Crippen molar-refractivity contribution in [3.63, 3.8) is 0 Å². The Labute approximate surface area is 384 Å². The molecule has 0 aromatic heterocycles. The normalized spacial score (nSPS) is 20.2. The first-order chi connectivity index (χ1) is 30.1. The van der Waals surface area contributed by atoms with Gasteiger partial charge in [0.15, 0.2) is 0 Å². The average molecular weight is 931 g/mol. The summed E-state index contributed by atoms with van der Waals surface area (Å²) in [5, 5.41) is 0. The van der Waals surface area contributed by atoms with E-state index in [0.717, 1.165) is 12.8 Å². The zero-order chi connectivity index (χ0) is 42.7. The zero-order valence-electron chi connectivity index (χ0n) is 36.3. The molecule has 8 aromatic rings. The van der Waals surface area contributed by atoms with E-state index in [1.807, 2.05) is 0 Å². The summed E-state index contributed by atoms with van der Waals surface area (Å²) in [7, 11) is 0. The van der Waals surface area contributed by atoms with Crippen molar-refractivity contribution < 1.29 is 0 Å². The van der Waals surface area contributed by atoms with E-state index in [4.69, 9.17) is 0 Å². The molecule has 0 fully saturated rings. The Morgan fingerprint density at radius 1 is 0.339 bits per heavy atom. The van der Waals surface area contributed by atoms with Crippen molar-refractivity contribution in [2.75, 3.05) is 0 Å². The lowest BCUT2D eigenvalue weighted by atomic mass is 9.50. The minimum Gasteiger partial charge on any atom is -0.0620 e. The molecule has 0 radical (unpaired) electrons. The lowest BCUT2D eigenvalue weighted by Crippen LogP contribution is -2.45. The molecule has 0 saturated carbocycles. The third kappa shape index (κ3) is 5.42. The molecule has 6 aliphatic rings. The van der Waals surface area contributed by atoms with E-state index in [1.54, 1.807) is 0 Å². The van der Waals surface area contributed by atoms with Crippen LogP contribution in [0, 0.1) is 41.5 Å². The van der Waals surface area contributed by atoms with Crippen LogP contribution in [-0.2, 0) is 23.7 Å². The molecule has 304 valence electrons. The summed E-state index contributed by atoms with van der Waals surface area (Å²) in [6.45, 7) is 13.7. The third-order valence-corrected chi connectivity index (χ3v) is 16.6. The van der Waals surface area contributed by atoms with Gasteiger partial charge in [0.05, 0.1) is 10.8 Å². The van der Waals surface area contributed by atoms with E-state index in [2.05, 4.69) is 231 Å². The minimum absolute atomic E-state index is 0.196. The maximum atomic E-state index is 4.00. The summed E-state index contributed by atoms with van der Waals surface area (Å²) >= 11 is 8.00. The molecule has 0 heterocycles. The molecular weight excluding hydrogens is 880 g/mol. The van der Waals surface area contributed by atoms with Crippen molar-refractivity contribution in [2.45, 2.75) is 77.0 Å². The summed E-state index contributed by atoms with van der Waals surface area (Å²) < 4.78 is 2.45. The monoisotopic (exact) mass is 928 g/mol. The number of hydrogen-bond acceptors (Lipinski definition) is 0. The van der Waals surface area contributed by atoms with Crippen LogP contribution in [0.15, 0.2) is 167 Å². The summed E-state index contributed by atoms with van der Waals surface area (Å²) in [6, 6.07) is 59.0. The Bertz CT molecular complexity index is 2940. The van der Waals surface area contributed by atoms with Crippen molar-refractivity contribution >= 4 is 31.9 Å². The van der Waals surface area contributed by atoms with Crippen LogP contribution in [0.3, 0.4) is 0 Å². The van der Waals surface area contributed by atoms with Gasteiger partial charge in [-0.25, -0.2) is 0 Å². The molecule has 0 spiro atoms. The van der Waals surface area contributed by atoms with Crippen LogP contribution in [0.4, 0.5) is 0 Å². The SMILES string of the molecule is Cc1ccccc1C[C@@]12c3ccccc3[C@@H](c3cccc(Br)c31)c1c(C)ccc(C)c12.Cc1ccccc1C[C@@]12c3ccccc3[C@@H](c3cccc(Br)c31)c1c(C)ccc(C)c12. The quantitative estimate of drug-likeness (QED) is 0.165. The van der Waals surface area contributed by atoms with Gasteiger partial charge < -0.3 is 0 Å². The number of hydrogen-bond donors (Lipinski definition) is 0. The Hall–Kier alpha value is -5.28. The van der Waals surface area contributed by atoms with Gasteiger partial charge in [0.1, 0.15) is 0 Å². The zero-order valence-corrected chi connectivity index (χ0v) is 39.5. The molecule has 4 atom stereocenters. The molecule has 0 amide bonds. The highest BCUT2D eigenvalue weighted by atomic mass is 79.9. The first-order valence-electron chi connectivity index (χ1n) is 22.1. The van der Waals surface area contributed by atoms with Gasteiger partial charge in [-0.05, 0) is 178 Å². The van der Waals surface area contributed by atoms with Crippen LogP contribution in [0.5, 0.6) is 0 Å². The predicted molar refractivity (Wildman–Crippen MR) is 264 cm³/mol. The highest BCUT2D eigenvalue weighted by Crippen LogP contribution is 2.64. The van der Waals surface area contributed by atoms with E-state index in [1.165, 1.54) is 120 Å². The van der Waals surface area contributed by atoms with Gasteiger partial charge in [-0.15, -0.1) is 0 Å². The van der Waals surface area contributed by atoms with Gasteiger partial charge in [-0.2, -0.15) is 0 Å². The second-order valence-corrected chi connectivity index (χ2v) is 20.2. The second kappa shape index (κ2) is 14.6. The molecule has 4 bridgehead atoms. The summed E-state index contributed by atoms with van der Waals surface area (Å²) in [5.41, 5.74) is 28.6. The molecule has 8 aromatic carbocycles. The number of rotatable bonds is 4. The molecule has 2 heteroatoms. The van der Waals surface area contributed by atoms with E-state index < -0.39 is 0 Å². The van der Waals surface area contributed by atoms with Crippen LogP contribution in [0.1, 0.15) is 123 Å². The maximum Gasteiger partial charge on any atom is 0.0514 e. The third-order valence-electron chi connectivity index (χ3n) is 15.2. The van der Waals surface area contributed by atoms with E-state index >= 15 is 0 Å². The fourth-order valence-corrected chi connectivity index (χ4v) is 14.2. The fourth-order valence-electron chi connectivity index (χ4n) is 12.8. The molecule has 62 heavy (non-hydrogen) atoms. The van der Waals surface area contributed by atoms with Gasteiger partial charge in [-0.1, -0.05) is 177 Å². The maximum absolute atomic E-state index is 4.00. The van der Waals surface area contributed by atoms with Crippen molar-refractivity contribution in [1.29, 1.82) is 0 Å². The van der Waals surface area contributed by atoms with Gasteiger partial charge in [0, 0.05) is 20.8 Å². The Morgan fingerprint density at radius 2 is 0.694 bits per heavy atom. The van der Waals surface area contributed by atoms with E-state index in [9.17, 15) is 0 Å². The first kappa shape index (κ1) is 39.6. The van der Waals surface area contributed by atoms with Gasteiger partial charge in [-0.3, -0.25) is 0 Å². The molecule has 0 saturated heterocycles. The highest BCUT2D eigenvalue weighted by Gasteiger charge is 2.55. The molecule has 0 aliphatic heterocycles. The van der Waals surface area contributed by atoms with Crippen LogP contribution in [-0.4, -0.2) is 0 Å². The Morgan fingerprint density at radius 3 is 1.11 bits per heavy atom. The van der Waals surface area contributed by atoms with Crippen LogP contribution in [0.25, 0.3) is 0 Å². The van der Waals surface area contributed by atoms with Crippen LogP contribution in [0.2, 0.25) is 0 Å². The number of halogens is 2. The first-order valence-corrected chi connectivity index (χ1v) is 23.7. The largest absolute Gasteiger partial charge is 0.0620 e. The molecule has 0 N–H and O–H groups in total. The molecule has 6 aliphatic carbocycles. The lowest BCUT2D eigenvalue weighted by molar-refractivity contribution is 0.531. The topological polar surface area (TPSA) is 0 Å². The fraction of sp³-hybridized carbons (Fsp3) is 0.200. The van der Waals surface area contributed by atoms with Crippen LogP contribution >= 0.6 is 31.9 Å². The van der Waals surface area contributed by atoms with E-state index in [0.29, 0.717) is 11.8 Å². The lowest BCUT2D eigenvalue weighted by Gasteiger charge is -2.52. The van der Waals surface area contributed by atoms with Gasteiger partial charge in [0.2, 0.25) is 0 Å². The second-order valence-electron chi connectivity index (χ2n) is 18.4. The number of benzene rings is 8. The molecule has 0 nitrogen and oxygen atoms in total. The van der Waals surface area contributed by atoms with Crippen molar-refractivity contribution in [3.05, 3.63) is 278 Å². The molecular formula is C60H50Br2. The van der Waals surface area contributed by atoms with Gasteiger partial charge >= 0.3 is 0 Å². The Kier molecular flexibility index (Phi) is 9.35. The predicted octanol–water partition coefficient (Wildman–Crippen LogP) is 15.5. The van der Waals surface area contributed by atoms with E-state index in [-0.39, 0.29) is 10.8 Å². The van der Waals surface area contributed by atoms with Crippen molar-refractivity contribution in [2.24, 2.45) is 0 Å². The Balaban J connectivity index is 0.000000139. The van der Waals surface area contributed by atoms with Crippen LogP contribution < -0.4 is 0 Å². The molecule has 14 rings (SSSR count). The minimum atomic E-state index is -0.196. The highest BCUT2D eigenvalue weighted by molar-refractivity contribution is 9.10. The smallest absolute Gasteiger partial charge is 0.0514 e. The van der Waals surface area contributed by atoms with Crippen molar-refractivity contribution in [1.82, 2.24) is 0 Å².